The molecule has 3 aromatic carbocycles. The maximum Gasteiger partial charge on any atom is 0.199 e. The minimum atomic E-state index is 0.0240. The standard InChI is InChI=1S/C19H11IO2S/c20-13-7-2-3-8-14(13)22-15-9-5-11-17-18(15)19(21)12-6-1-4-10-16(12)23-17/h1-11H. The molecule has 0 bridgehead atoms. The Morgan fingerprint density at radius 3 is 2.35 bits per heavy atom. The van der Waals surface area contributed by atoms with Gasteiger partial charge in [-0.25, -0.2) is 0 Å². The molecule has 0 aliphatic carbocycles. The summed E-state index contributed by atoms with van der Waals surface area (Å²) in [6.07, 6.45) is 0. The fourth-order valence-corrected chi connectivity index (χ4v) is 4.14. The van der Waals surface area contributed by atoms with Crippen LogP contribution in [0.15, 0.2) is 71.5 Å². The lowest BCUT2D eigenvalue weighted by Gasteiger charge is -2.10. The maximum absolute atomic E-state index is 12.9. The number of hydrogen-bond donors (Lipinski definition) is 0. The van der Waals surface area contributed by atoms with Gasteiger partial charge >= 0.3 is 0 Å². The van der Waals surface area contributed by atoms with Crippen LogP contribution in [-0.4, -0.2) is 0 Å². The summed E-state index contributed by atoms with van der Waals surface area (Å²) in [7, 11) is 0. The molecule has 0 amide bonds. The molecule has 4 rings (SSSR count). The van der Waals surface area contributed by atoms with E-state index < -0.39 is 0 Å². The third-order valence-corrected chi connectivity index (χ3v) is 5.65. The zero-order valence-corrected chi connectivity index (χ0v) is 14.9. The Balaban J connectivity index is 1.99. The second-order valence-corrected chi connectivity index (χ2v) is 7.34. The zero-order chi connectivity index (χ0) is 15.8. The molecule has 0 aliphatic heterocycles. The fraction of sp³-hybridized carbons (Fsp3) is 0. The van der Waals surface area contributed by atoms with Gasteiger partial charge in [0.1, 0.15) is 11.5 Å². The van der Waals surface area contributed by atoms with Crippen molar-refractivity contribution in [2.75, 3.05) is 0 Å². The first-order valence-electron chi connectivity index (χ1n) is 7.11. The summed E-state index contributed by atoms with van der Waals surface area (Å²) in [5, 5.41) is 1.39. The molecule has 0 atom stereocenters. The van der Waals surface area contributed by atoms with E-state index in [0.29, 0.717) is 11.1 Å². The van der Waals surface area contributed by atoms with Gasteiger partial charge in [0.05, 0.1) is 8.96 Å². The molecule has 4 heteroatoms. The van der Waals surface area contributed by atoms with Crippen molar-refractivity contribution in [2.24, 2.45) is 0 Å². The number of para-hydroxylation sites is 1. The Kier molecular flexibility index (Phi) is 3.79. The van der Waals surface area contributed by atoms with E-state index in [1.54, 1.807) is 11.3 Å². The first-order chi connectivity index (χ1) is 11.2. The molecule has 1 aromatic heterocycles. The molecule has 0 unspecified atom stereocenters. The Labute approximate surface area is 150 Å². The van der Waals surface area contributed by atoms with Crippen molar-refractivity contribution in [3.63, 3.8) is 0 Å². The first kappa shape index (κ1) is 14.7. The lowest BCUT2D eigenvalue weighted by Crippen LogP contribution is -2.02. The van der Waals surface area contributed by atoms with Crippen molar-refractivity contribution >= 4 is 54.1 Å². The van der Waals surface area contributed by atoms with Crippen molar-refractivity contribution in [1.82, 2.24) is 0 Å². The summed E-state index contributed by atoms with van der Waals surface area (Å²) >= 11 is 3.85. The third-order valence-electron chi connectivity index (χ3n) is 3.62. The van der Waals surface area contributed by atoms with Crippen molar-refractivity contribution in [3.8, 4) is 11.5 Å². The number of fused-ring (bicyclic) bond motifs is 2. The van der Waals surface area contributed by atoms with E-state index in [0.717, 1.165) is 24.1 Å². The van der Waals surface area contributed by atoms with E-state index in [-0.39, 0.29) is 5.43 Å². The van der Waals surface area contributed by atoms with Gasteiger partial charge in [0.25, 0.3) is 0 Å². The summed E-state index contributed by atoms with van der Waals surface area (Å²) < 4.78 is 9.00. The summed E-state index contributed by atoms with van der Waals surface area (Å²) in [6, 6.07) is 21.2. The predicted molar refractivity (Wildman–Crippen MR) is 105 cm³/mol. The van der Waals surface area contributed by atoms with Crippen LogP contribution >= 0.6 is 33.9 Å². The number of hydrogen-bond acceptors (Lipinski definition) is 3. The van der Waals surface area contributed by atoms with Crippen LogP contribution in [-0.2, 0) is 0 Å². The van der Waals surface area contributed by atoms with Crippen molar-refractivity contribution in [1.29, 1.82) is 0 Å². The molecule has 0 spiro atoms. The van der Waals surface area contributed by atoms with Gasteiger partial charge in [-0.1, -0.05) is 30.3 Å². The highest BCUT2D eigenvalue weighted by molar-refractivity contribution is 14.1. The van der Waals surface area contributed by atoms with Gasteiger partial charge in [0, 0.05) is 14.8 Å². The molecule has 1 heterocycles. The molecule has 0 radical (unpaired) electrons. The van der Waals surface area contributed by atoms with Crippen LogP contribution in [0, 0.1) is 3.57 Å². The quantitative estimate of drug-likeness (QED) is 0.296. The molecule has 0 fully saturated rings. The molecular formula is C19H11IO2S. The molecule has 2 nitrogen and oxygen atoms in total. The van der Waals surface area contributed by atoms with E-state index in [1.165, 1.54) is 0 Å². The van der Waals surface area contributed by atoms with Gasteiger partial charge in [-0.05, 0) is 59.0 Å². The number of ether oxygens (including phenoxy) is 1. The molecule has 0 aliphatic rings. The van der Waals surface area contributed by atoms with Crippen LogP contribution in [0.1, 0.15) is 0 Å². The van der Waals surface area contributed by atoms with Crippen LogP contribution in [0.4, 0.5) is 0 Å². The van der Waals surface area contributed by atoms with Gasteiger partial charge in [-0.3, -0.25) is 4.79 Å². The van der Waals surface area contributed by atoms with Crippen LogP contribution in [0.25, 0.3) is 20.2 Å². The van der Waals surface area contributed by atoms with Crippen LogP contribution in [0.2, 0.25) is 0 Å². The van der Waals surface area contributed by atoms with Gasteiger partial charge in [-0.15, -0.1) is 11.3 Å². The molecular weight excluding hydrogens is 419 g/mol. The second-order valence-electron chi connectivity index (χ2n) is 5.09. The number of halogens is 1. The van der Waals surface area contributed by atoms with E-state index in [9.17, 15) is 4.79 Å². The van der Waals surface area contributed by atoms with Gasteiger partial charge in [0.2, 0.25) is 0 Å². The number of benzene rings is 3. The third kappa shape index (κ3) is 2.62. The lowest BCUT2D eigenvalue weighted by atomic mass is 10.1. The van der Waals surface area contributed by atoms with Gasteiger partial charge in [-0.2, -0.15) is 0 Å². The maximum atomic E-state index is 12.9. The predicted octanol–water partition coefficient (Wildman–Crippen LogP) is 5.81. The lowest BCUT2D eigenvalue weighted by molar-refractivity contribution is 0.485. The molecule has 112 valence electrons. The highest BCUT2D eigenvalue weighted by Gasteiger charge is 2.12. The van der Waals surface area contributed by atoms with E-state index in [2.05, 4.69) is 22.6 Å². The van der Waals surface area contributed by atoms with Crippen molar-refractivity contribution < 1.29 is 4.74 Å². The largest absolute Gasteiger partial charge is 0.455 e. The molecule has 4 aromatic rings. The summed E-state index contributed by atoms with van der Waals surface area (Å²) in [6.45, 7) is 0. The van der Waals surface area contributed by atoms with E-state index in [1.807, 2.05) is 66.7 Å². The normalized spacial score (nSPS) is 11.0. The average Bonchev–Trinajstić information content (AvgIpc) is 2.57. The summed E-state index contributed by atoms with van der Waals surface area (Å²) in [5.41, 5.74) is 0.0240. The van der Waals surface area contributed by atoms with E-state index in [4.69, 9.17) is 4.74 Å². The first-order valence-corrected chi connectivity index (χ1v) is 9.00. The van der Waals surface area contributed by atoms with Crippen LogP contribution < -0.4 is 10.2 Å². The molecule has 0 saturated carbocycles. The van der Waals surface area contributed by atoms with Gasteiger partial charge < -0.3 is 4.74 Å². The molecule has 0 saturated heterocycles. The monoisotopic (exact) mass is 430 g/mol. The zero-order valence-electron chi connectivity index (χ0n) is 12.0. The minimum absolute atomic E-state index is 0.0240. The Bertz CT molecular complexity index is 1090. The number of rotatable bonds is 2. The SMILES string of the molecule is O=c1c2ccccc2sc2cccc(Oc3ccccc3I)c12. The summed E-state index contributed by atoms with van der Waals surface area (Å²) in [4.78, 5) is 12.9. The Morgan fingerprint density at radius 1 is 0.783 bits per heavy atom. The minimum Gasteiger partial charge on any atom is -0.455 e. The van der Waals surface area contributed by atoms with E-state index >= 15 is 0 Å². The highest BCUT2D eigenvalue weighted by Crippen LogP contribution is 2.34. The van der Waals surface area contributed by atoms with Crippen LogP contribution in [0.5, 0.6) is 11.5 Å². The molecule has 0 N–H and O–H groups in total. The second kappa shape index (κ2) is 5.94. The Hall–Kier alpha value is -1.92. The molecule has 23 heavy (non-hydrogen) atoms. The highest BCUT2D eigenvalue weighted by atomic mass is 127. The topological polar surface area (TPSA) is 26.3 Å². The van der Waals surface area contributed by atoms with Crippen molar-refractivity contribution in [2.45, 2.75) is 0 Å². The van der Waals surface area contributed by atoms with Gasteiger partial charge in [0.15, 0.2) is 5.43 Å². The average molecular weight is 430 g/mol. The van der Waals surface area contributed by atoms with Crippen LogP contribution in [0.3, 0.4) is 0 Å². The smallest absolute Gasteiger partial charge is 0.199 e. The summed E-state index contributed by atoms with van der Waals surface area (Å²) in [5.74, 6) is 1.37. The van der Waals surface area contributed by atoms with Crippen molar-refractivity contribution in [3.05, 3.63) is 80.5 Å². The Morgan fingerprint density at radius 2 is 1.48 bits per heavy atom. The fourth-order valence-electron chi connectivity index (χ4n) is 2.55.